The van der Waals surface area contributed by atoms with Crippen LogP contribution in [0.5, 0.6) is 0 Å². The molecular formula is MgO7U2-12. The molecule has 0 bridgehead atoms. The Morgan fingerprint density at radius 3 is 0.300 bits per heavy atom. The molecule has 0 unspecified atom stereocenters. The molecule has 0 radical (unpaired) electrons. The maximum atomic E-state index is 0. The molecule has 0 aliphatic heterocycles. The van der Waals surface area contributed by atoms with E-state index in [-0.39, 0.29) is 124 Å². The van der Waals surface area contributed by atoms with Gasteiger partial charge in [-0.15, -0.1) is 0 Å². The summed E-state index contributed by atoms with van der Waals surface area (Å²) in [4.78, 5) is 0. The van der Waals surface area contributed by atoms with Crippen molar-refractivity contribution in [2.24, 2.45) is 0 Å². The van der Waals surface area contributed by atoms with Crippen LogP contribution >= 0.6 is 0 Å². The Bertz CT molecular complexity index is 11.6. The van der Waals surface area contributed by atoms with Gasteiger partial charge < -0.3 is 38.3 Å². The third kappa shape index (κ3) is 145. The number of hydrogen-bond donors (Lipinski definition) is 0. The minimum Gasteiger partial charge on any atom is -2.00 e. The molecule has 0 aromatic carbocycles. The minimum atomic E-state index is 0. The summed E-state index contributed by atoms with van der Waals surface area (Å²) < 4.78 is 0. The topological polar surface area (TPSA) is 200 Å². The summed E-state index contributed by atoms with van der Waals surface area (Å²) in [6.45, 7) is 0. The molecule has 0 atom stereocenters. The molecule has 0 aliphatic rings. The van der Waals surface area contributed by atoms with Crippen LogP contribution in [0.3, 0.4) is 0 Å². The molecule has 0 aromatic rings. The van der Waals surface area contributed by atoms with E-state index in [1.807, 2.05) is 0 Å². The SMILES string of the molecule is [Mg+2].[O-2].[O-2].[O-2].[O-2].[O-2].[O-2].[O-2].[U].[U]. The van der Waals surface area contributed by atoms with E-state index >= 15 is 0 Å². The first kappa shape index (κ1) is 252. The van der Waals surface area contributed by atoms with E-state index < -0.39 is 0 Å². The Kier molecular flexibility index (Phi) is 4880. The van der Waals surface area contributed by atoms with Gasteiger partial charge in [-0.3, -0.25) is 0 Å². The summed E-state index contributed by atoms with van der Waals surface area (Å²) in [5.41, 5.74) is 0. The van der Waals surface area contributed by atoms with Gasteiger partial charge in [0.25, 0.3) is 0 Å². The first-order chi connectivity index (χ1) is 0. The van der Waals surface area contributed by atoms with Crippen molar-refractivity contribution in [3.63, 3.8) is 0 Å². The molecule has 0 saturated heterocycles. The summed E-state index contributed by atoms with van der Waals surface area (Å²) >= 11 is 0. The van der Waals surface area contributed by atoms with Crippen molar-refractivity contribution in [1.29, 1.82) is 0 Å². The zero-order valence-electron chi connectivity index (χ0n) is 4.56. The third-order valence-electron chi connectivity index (χ3n) is 0. The Labute approximate surface area is 122 Å². The maximum absolute atomic E-state index is 0. The summed E-state index contributed by atoms with van der Waals surface area (Å²) in [5, 5.41) is 0. The van der Waals surface area contributed by atoms with E-state index in [0.29, 0.717) is 0 Å². The Balaban J connectivity index is 0. The minimum absolute atomic E-state index is 0. The molecule has 0 aromatic heterocycles. The monoisotopic (exact) mass is 612 g/mol. The fraction of sp³-hybridized carbons (Fsp3) is 0. The number of rotatable bonds is 0. The summed E-state index contributed by atoms with van der Waals surface area (Å²) in [7, 11) is 0. The smallest absolute Gasteiger partial charge is 2.00 e. The molecule has 0 amide bonds. The molecule has 0 heterocycles. The zero-order chi connectivity index (χ0) is 0. The van der Waals surface area contributed by atoms with Crippen LogP contribution in [0.2, 0.25) is 0 Å². The van der Waals surface area contributed by atoms with E-state index in [1.165, 1.54) is 0 Å². The molecular weight excluding hydrogens is 612 g/mol. The largest absolute Gasteiger partial charge is 2.00 e. The van der Waals surface area contributed by atoms with Crippen molar-refractivity contribution >= 4 is 23.1 Å². The molecule has 10 heavy (non-hydrogen) atoms. The second-order valence-electron chi connectivity index (χ2n) is 0. The van der Waals surface area contributed by atoms with Crippen LogP contribution in [0.4, 0.5) is 0 Å². The van der Waals surface area contributed by atoms with Crippen molar-refractivity contribution in [3.05, 3.63) is 0 Å². The molecule has 0 N–H and O–H groups in total. The summed E-state index contributed by atoms with van der Waals surface area (Å²) in [5.74, 6) is 0. The molecule has 0 saturated carbocycles. The fourth-order valence-electron chi connectivity index (χ4n) is 0. The molecule has 0 aliphatic carbocycles. The molecule has 0 fully saturated rings. The second-order valence-corrected chi connectivity index (χ2v) is 0. The fourth-order valence-corrected chi connectivity index (χ4v) is 0. The van der Waals surface area contributed by atoms with E-state index in [9.17, 15) is 0 Å². The van der Waals surface area contributed by atoms with E-state index in [1.54, 1.807) is 0 Å². The predicted molar refractivity (Wildman–Crippen MR) is 10.6 cm³/mol. The van der Waals surface area contributed by atoms with Gasteiger partial charge in [-0.2, -0.15) is 0 Å². The van der Waals surface area contributed by atoms with E-state index in [2.05, 4.69) is 0 Å². The van der Waals surface area contributed by atoms with Crippen molar-refractivity contribution in [1.82, 2.24) is 0 Å². The third-order valence-corrected chi connectivity index (χ3v) is 0. The van der Waals surface area contributed by atoms with Gasteiger partial charge in [0.1, 0.15) is 0 Å². The summed E-state index contributed by atoms with van der Waals surface area (Å²) in [6, 6.07) is 0. The van der Waals surface area contributed by atoms with Crippen LogP contribution < -0.4 is 0 Å². The van der Waals surface area contributed by atoms with Gasteiger partial charge in [-0.05, 0) is 0 Å². The van der Waals surface area contributed by atoms with Crippen LogP contribution in [-0.2, 0) is 38.3 Å². The standard InChI is InChI=1S/Mg.7O.2U/q+2;7*-2;;. The van der Waals surface area contributed by atoms with Gasteiger partial charge in [-0.25, -0.2) is 0 Å². The van der Waals surface area contributed by atoms with Gasteiger partial charge in [-0.1, -0.05) is 0 Å². The van der Waals surface area contributed by atoms with Crippen molar-refractivity contribution < 1.29 is 101 Å². The molecule has 64 valence electrons. The first-order valence-corrected chi connectivity index (χ1v) is 0. The van der Waals surface area contributed by atoms with E-state index in [0.717, 1.165) is 0 Å². The van der Waals surface area contributed by atoms with Crippen LogP contribution in [0.25, 0.3) is 0 Å². The van der Waals surface area contributed by atoms with E-state index in [4.69, 9.17) is 0 Å². The Morgan fingerprint density at radius 1 is 0.300 bits per heavy atom. The van der Waals surface area contributed by atoms with Gasteiger partial charge >= 0.3 is 23.1 Å². The van der Waals surface area contributed by atoms with Gasteiger partial charge in [0.05, 0.1) is 0 Å². The normalized spacial score (nSPS) is 0. The van der Waals surface area contributed by atoms with Crippen molar-refractivity contribution in [2.75, 3.05) is 0 Å². The van der Waals surface area contributed by atoms with Crippen molar-refractivity contribution in [3.8, 4) is 0 Å². The number of hydrogen-bond acceptors (Lipinski definition) is 0. The van der Waals surface area contributed by atoms with Crippen molar-refractivity contribution in [2.45, 2.75) is 0 Å². The van der Waals surface area contributed by atoms with Crippen LogP contribution in [0.15, 0.2) is 0 Å². The predicted octanol–water partition coefficient (Wildman–Crippen LogP) is -1.21. The quantitative estimate of drug-likeness (QED) is 0.296. The molecule has 0 spiro atoms. The zero-order valence-corrected chi connectivity index (χ0v) is 14.3. The molecule has 7 nitrogen and oxygen atoms in total. The van der Waals surface area contributed by atoms with Crippen LogP contribution in [0, 0.1) is 62.2 Å². The summed E-state index contributed by atoms with van der Waals surface area (Å²) in [6.07, 6.45) is 0. The first-order valence-electron chi connectivity index (χ1n) is 0. The maximum Gasteiger partial charge on any atom is 2.00 e. The van der Waals surface area contributed by atoms with Crippen LogP contribution in [-0.4, -0.2) is 23.1 Å². The average molecular weight is 612 g/mol. The molecule has 10 heteroatoms. The Morgan fingerprint density at radius 2 is 0.300 bits per heavy atom. The Hall–Kier alpha value is 2.59. The van der Waals surface area contributed by atoms with Gasteiger partial charge in [0.15, 0.2) is 0 Å². The second kappa shape index (κ2) is 194. The van der Waals surface area contributed by atoms with Gasteiger partial charge in [0.2, 0.25) is 0 Å². The van der Waals surface area contributed by atoms with Crippen LogP contribution in [0.1, 0.15) is 0 Å². The average Bonchev–Trinajstić information content (AvgIpc) is 0. The molecule has 0 rings (SSSR count). The van der Waals surface area contributed by atoms with Gasteiger partial charge in [0, 0.05) is 62.2 Å².